The molecule has 0 bridgehead atoms. The largest absolute Gasteiger partial charge is 0.495 e. The average Bonchev–Trinajstić information content (AvgIpc) is 2.85. The molecule has 0 N–H and O–H groups in total. The molecule has 2 aromatic heterocycles. The Bertz CT molecular complexity index is 1220. The minimum absolute atomic E-state index is 0.363. The molecule has 0 amide bonds. The highest BCUT2D eigenvalue weighted by molar-refractivity contribution is 6.62. The van der Waals surface area contributed by atoms with E-state index in [1.54, 1.807) is 18.3 Å². The summed E-state index contributed by atoms with van der Waals surface area (Å²) in [6.07, 6.45) is 1.67. The quantitative estimate of drug-likeness (QED) is 0.629. The number of rotatable bonds is 2. The van der Waals surface area contributed by atoms with Crippen molar-refractivity contribution in [1.82, 2.24) is 8.97 Å². The molecule has 0 radical (unpaired) electrons. The van der Waals surface area contributed by atoms with Gasteiger partial charge in [0.25, 0.3) is 5.56 Å². The first-order chi connectivity index (χ1) is 13.5. The van der Waals surface area contributed by atoms with Crippen molar-refractivity contribution in [3.8, 4) is 5.69 Å². The van der Waals surface area contributed by atoms with Gasteiger partial charge in [-0.3, -0.25) is 9.20 Å². The van der Waals surface area contributed by atoms with E-state index < -0.39 is 24.0 Å². The standard InChI is InChI=1S/C22H25BN2O4/c1-14-9-8-12-24-18(14)13-19(26)25(20(24)27)17-11-7-10-16(15(17)2)23-28-21(3,4)22(5,6)29-23/h7-13H,1-6H3. The molecule has 0 spiro atoms. The summed E-state index contributed by atoms with van der Waals surface area (Å²) >= 11 is 0. The van der Waals surface area contributed by atoms with Crippen LogP contribution in [0.1, 0.15) is 38.8 Å². The van der Waals surface area contributed by atoms with Gasteiger partial charge in [0.1, 0.15) is 0 Å². The topological polar surface area (TPSA) is 61.9 Å². The Morgan fingerprint density at radius 1 is 0.931 bits per heavy atom. The second kappa shape index (κ2) is 6.44. The van der Waals surface area contributed by atoms with Crippen molar-refractivity contribution in [1.29, 1.82) is 0 Å². The van der Waals surface area contributed by atoms with Gasteiger partial charge in [-0.2, -0.15) is 0 Å². The summed E-state index contributed by atoms with van der Waals surface area (Å²) < 4.78 is 15.1. The lowest BCUT2D eigenvalue weighted by Crippen LogP contribution is -2.41. The first-order valence-electron chi connectivity index (χ1n) is 9.73. The van der Waals surface area contributed by atoms with Gasteiger partial charge in [-0.15, -0.1) is 0 Å². The van der Waals surface area contributed by atoms with Crippen LogP contribution in [-0.4, -0.2) is 27.3 Å². The zero-order chi connectivity index (χ0) is 21.1. The Morgan fingerprint density at radius 2 is 1.59 bits per heavy atom. The van der Waals surface area contributed by atoms with Crippen molar-refractivity contribution >= 4 is 18.1 Å². The van der Waals surface area contributed by atoms with E-state index in [-0.39, 0.29) is 5.56 Å². The summed E-state index contributed by atoms with van der Waals surface area (Å²) in [5.74, 6) is 0. The minimum atomic E-state index is -0.568. The number of aromatic nitrogens is 2. The van der Waals surface area contributed by atoms with E-state index in [9.17, 15) is 9.59 Å². The fourth-order valence-electron chi connectivity index (χ4n) is 3.69. The van der Waals surface area contributed by atoms with Gasteiger partial charge >= 0.3 is 12.8 Å². The monoisotopic (exact) mass is 392 g/mol. The Kier molecular flexibility index (Phi) is 4.37. The van der Waals surface area contributed by atoms with Crippen LogP contribution in [0.4, 0.5) is 0 Å². The number of benzene rings is 1. The first-order valence-corrected chi connectivity index (χ1v) is 9.73. The summed E-state index contributed by atoms with van der Waals surface area (Å²) in [6, 6.07) is 10.7. The lowest BCUT2D eigenvalue weighted by Gasteiger charge is -2.32. The normalized spacial score (nSPS) is 17.8. The highest BCUT2D eigenvalue weighted by Crippen LogP contribution is 2.36. The van der Waals surface area contributed by atoms with Gasteiger partial charge in [-0.05, 0) is 70.3 Å². The molecule has 1 fully saturated rings. The van der Waals surface area contributed by atoms with Crippen molar-refractivity contribution in [2.24, 2.45) is 0 Å². The van der Waals surface area contributed by atoms with Gasteiger partial charge < -0.3 is 9.31 Å². The van der Waals surface area contributed by atoms with E-state index in [4.69, 9.17) is 9.31 Å². The second-order valence-electron chi connectivity index (χ2n) is 8.63. The average molecular weight is 392 g/mol. The molecule has 0 unspecified atom stereocenters. The molecule has 6 nitrogen and oxygen atoms in total. The predicted molar refractivity (Wildman–Crippen MR) is 114 cm³/mol. The Balaban J connectivity index is 1.90. The molecule has 29 heavy (non-hydrogen) atoms. The van der Waals surface area contributed by atoms with Crippen LogP contribution in [0.15, 0.2) is 52.2 Å². The molecule has 1 aromatic carbocycles. The van der Waals surface area contributed by atoms with E-state index >= 15 is 0 Å². The Labute approximate surface area is 169 Å². The van der Waals surface area contributed by atoms with Crippen LogP contribution in [0, 0.1) is 13.8 Å². The molecule has 3 aromatic rings. The molecule has 1 saturated heterocycles. The SMILES string of the molecule is Cc1c(B2OC(C)(C)C(C)(C)O2)cccc1-n1c(=O)cc2c(C)cccn2c1=O. The summed E-state index contributed by atoms with van der Waals surface area (Å²) in [6.45, 7) is 11.7. The molecule has 0 aliphatic carbocycles. The van der Waals surface area contributed by atoms with Crippen molar-refractivity contribution in [2.75, 3.05) is 0 Å². The fourth-order valence-corrected chi connectivity index (χ4v) is 3.69. The molecule has 3 heterocycles. The molecule has 4 rings (SSSR count). The highest BCUT2D eigenvalue weighted by Gasteiger charge is 2.52. The number of pyridine rings is 1. The van der Waals surface area contributed by atoms with E-state index in [0.717, 1.165) is 16.6 Å². The third-order valence-electron chi connectivity index (χ3n) is 6.22. The molecule has 7 heteroatoms. The van der Waals surface area contributed by atoms with Crippen LogP contribution in [-0.2, 0) is 9.31 Å². The second-order valence-corrected chi connectivity index (χ2v) is 8.63. The van der Waals surface area contributed by atoms with Crippen LogP contribution in [0.2, 0.25) is 0 Å². The summed E-state index contributed by atoms with van der Waals surface area (Å²) in [4.78, 5) is 26.0. The van der Waals surface area contributed by atoms with Crippen LogP contribution < -0.4 is 16.7 Å². The van der Waals surface area contributed by atoms with E-state index in [0.29, 0.717) is 11.2 Å². The molecule has 0 atom stereocenters. The van der Waals surface area contributed by atoms with Crippen LogP contribution >= 0.6 is 0 Å². The zero-order valence-electron chi connectivity index (χ0n) is 17.6. The van der Waals surface area contributed by atoms with Crippen molar-refractivity contribution in [2.45, 2.75) is 52.7 Å². The lowest BCUT2D eigenvalue weighted by atomic mass is 9.76. The lowest BCUT2D eigenvalue weighted by molar-refractivity contribution is 0.00578. The van der Waals surface area contributed by atoms with Crippen molar-refractivity contribution in [3.63, 3.8) is 0 Å². The van der Waals surface area contributed by atoms with E-state index in [1.807, 2.05) is 59.7 Å². The predicted octanol–water partition coefficient (Wildman–Crippen LogP) is 2.37. The van der Waals surface area contributed by atoms with Crippen molar-refractivity contribution < 1.29 is 9.31 Å². The maximum Gasteiger partial charge on any atom is 0.495 e. The first kappa shape index (κ1) is 19.7. The maximum absolute atomic E-state index is 13.2. The number of hydrogen-bond donors (Lipinski definition) is 0. The third-order valence-corrected chi connectivity index (χ3v) is 6.22. The Hall–Kier alpha value is -2.64. The number of aryl methyl sites for hydroxylation is 1. The van der Waals surface area contributed by atoms with Crippen LogP contribution in [0.25, 0.3) is 11.2 Å². The highest BCUT2D eigenvalue weighted by atomic mass is 16.7. The molecule has 1 aliphatic rings. The number of nitrogens with zero attached hydrogens (tertiary/aromatic N) is 2. The number of fused-ring (bicyclic) bond motifs is 1. The van der Waals surface area contributed by atoms with Crippen LogP contribution in [0.3, 0.4) is 0 Å². The minimum Gasteiger partial charge on any atom is -0.399 e. The molecule has 0 saturated carbocycles. The molecular formula is C22H25BN2O4. The molecular weight excluding hydrogens is 367 g/mol. The number of hydrogen-bond acceptors (Lipinski definition) is 4. The maximum atomic E-state index is 13.2. The summed E-state index contributed by atoms with van der Waals surface area (Å²) in [7, 11) is -0.568. The van der Waals surface area contributed by atoms with Gasteiger partial charge in [0.2, 0.25) is 0 Å². The summed E-state index contributed by atoms with van der Waals surface area (Å²) in [5, 5.41) is 0. The van der Waals surface area contributed by atoms with Gasteiger partial charge in [-0.1, -0.05) is 18.2 Å². The van der Waals surface area contributed by atoms with Gasteiger partial charge in [0, 0.05) is 12.3 Å². The molecule has 150 valence electrons. The molecule has 1 aliphatic heterocycles. The van der Waals surface area contributed by atoms with Gasteiger partial charge in [-0.25, -0.2) is 9.36 Å². The summed E-state index contributed by atoms with van der Waals surface area (Å²) in [5.41, 5.74) is 1.88. The van der Waals surface area contributed by atoms with Gasteiger partial charge in [0.15, 0.2) is 0 Å². The van der Waals surface area contributed by atoms with Gasteiger partial charge in [0.05, 0.1) is 22.4 Å². The smallest absolute Gasteiger partial charge is 0.399 e. The zero-order valence-corrected chi connectivity index (χ0v) is 17.6. The van der Waals surface area contributed by atoms with E-state index in [2.05, 4.69) is 0 Å². The van der Waals surface area contributed by atoms with E-state index in [1.165, 1.54) is 15.0 Å². The van der Waals surface area contributed by atoms with Crippen molar-refractivity contribution in [3.05, 3.63) is 74.6 Å². The Morgan fingerprint density at radius 3 is 2.24 bits per heavy atom. The van der Waals surface area contributed by atoms with Crippen LogP contribution in [0.5, 0.6) is 0 Å². The fraction of sp³-hybridized carbons (Fsp3) is 0.364. The third kappa shape index (κ3) is 2.96.